The van der Waals surface area contributed by atoms with Crippen molar-refractivity contribution >= 4 is 11.6 Å². The first kappa shape index (κ1) is 22.0. The lowest BCUT2D eigenvalue weighted by Crippen LogP contribution is -2.58. The van der Waals surface area contributed by atoms with E-state index in [0.29, 0.717) is 23.5 Å². The molecule has 0 N–H and O–H groups in total. The van der Waals surface area contributed by atoms with Crippen LogP contribution in [-0.4, -0.2) is 29.9 Å². The second kappa shape index (κ2) is 7.84. The molecule has 0 saturated carbocycles. The summed E-state index contributed by atoms with van der Waals surface area (Å²) in [4.78, 5) is 26.3. The SMILES string of the molecule is CCc1ccc(Oc2ccc(F)cc2OC)cc1C1C(=O)C(C)(C)OC(C)(C)C1=O. The Labute approximate surface area is 176 Å². The molecule has 6 heteroatoms. The molecule has 0 radical (unpaired) electrons. The molecule has 2 aromatic rings. The van der Waals surface area contributed by atoms with Crippen LogP contribution in [0.1, 0.15) is 51.7 Å². The number of rotatable bonds is 5. The fourth-order valence-electron chi connectivity index (χ4n) is 3.92. The third kappa shape index (κ3) is 3.97. The molecule has 0 bridgehead atoms. The number of ketones is 2. The van der Waals surface area contributed by atoms with Crippen molar-refractivity contribution in [2.75, 3.05) is 7.11 Å². The highest BCUT2D eigenvalue weighted by molar-refractivity contribution is 6.15. The van der Waals surface area contributed by atoms with Crippen molar-refractivity contribution in [1.82, 2.24) is 0 Å². The zero-order chi connectivity index (χ0) is 22.3. The minimum atomic E-state index is -1.09. The summed E-state index contributed by atoms with van der Waals surface area (Å²) >= 11 is 0. The van der Waals surface area contributed by atoms with Gasteiger partial charge in [-0.2, -0.15) is 0 Å². The van der Waals surface area contributed by atoms with Crippen molar-refractivity contribution in [3.63, 3.8) is 0 Å². The highest BCUT2D eigenvalue weighted by Crippen LogP contribution is 2.41. The molecule has 30 heavy (non-hydrogen) atoms. The molecule has 0 aromatic heterocycles. The van der Waals surface area contributed by atoms with Crippen LogP contribution in [0.4, 0.5) is 4.39 Å². The Balaban J connectivity index is 2.07. The summed E-state index contributed by atoms with van der Waals surface area (Å²) in [7, 11) is 1.43. The largest absolute Gasteiger partial charge is 0.493 e. The summed E-state index contributed by atoms with van der Waals surface area (Å²) in [6.07, 6.45) is 0.647. The second-order valence-corrected chi connectivity index (χ2v) is 8.40. The molecule has 1 aliphatic rings. The first-order valence-corrected chi connectivity index (χ1v) is 9.93. The van der Waals surface area contributed by atoms with Crippen LogP contribution in [0.5, 0.6) is 17.2 Å². The molecule has 160 valence electrons. The molecule has 1 aliphatic heterocycles. The van der Waals surface area contributed by atoms with Crippen LogP contribution in [0, 0.1) is 5.82 Å². The summed E-state index contributed by atoms with van der Waals surface area (Å²) in [6, 6.07) is 9.29. The predicted octanol–water partition coefficient (Wildman–Crippen LogP) is 5.00. The Kier molecular flexibility index (Phi) is 5.74. The zero-order valence-corrected chi connectivity index (χ0v) is 18.2. The maximum Gasteiger partial charge on any atom is 0.179 e. The normalized spacial score (nSPS) is 18.4. The van der Waals surface area contributed by atoms with Crippen LogP contribution in [-0.2, 0) is 20.7 Å². The molecule has 5 nitrogen and oxygen atoms in total. The number of Topliss-reactive ketones (excluding diaryl/α,β-unsaturated/α-hetero) is 2. The summed E-state index contributed by atoms with van der Waals surface area (Å²) in [6.45, 7) is 8.71. The molecule has 0 atom stereocenters. The van der Waals surface area contributed by atoms with Gasteiger partial charge in [-0.3, -0.25) is 9.59 Å². The van der Waals surface area contributed by atoms with Gasteiger partial charge in [0.05, 0.1) is 7.11 Å². The van der Waals surface area contributed by atoms with Gasteiger partial charge >= 0.3 is 0 Å². The summed E-state index contributed by atoms with van der Waals surface area (Å²) in [5.74, 6) is -0.941. The van der Waals surface area contributed by atoms with E-state index in [9.17, 15) is 14.0 Å². The first-order chi connectivity index (χ1) is 14.0. The van der Waals surface area contributed by atoms with Crippen molar-refractivity contribution < 1.29 is 28.2 Å². The van der Waals surface area contributed by atoms with Gasteiger partial charge in [0, 0.05) is 6.07 Å². The van der Waals surface area contributed by atoms with Crippen LogP contribution in [0.2, 0.25) is 0 Å². The summed E-state index contributed by atoms with van der Waals surface area (Å²) in [5.41, 5.74) is -0.696. The number of hydrogen-bond acceptors (Lipinski definition) is 5. The minimum absolute atomic E-state index is 0.247. The number of carbonyl (C=O) groups is 2. The fraction of sp³-hybridized carbons (Fsp3) is 0.417. The molecular formula is C24H27FO5. The van der Waals surface area contributed by atoms with E-state index in [0.717, 1.165) is 5.56 Å². The van der Waals surface area contributed by atoms with Gasteiger partial charge in [-0.05, 0) is 69.5 Å². The molecule has 1 heterocycles. The second-order valence-electron chi connectivity index (χ2n) is 8.40. The summed E-state index contributed by atoms with van der Waals surface area (Å²) < 4.78 is 30.4. The molecule has 0 aliphatic carbocycles. The van der Waals surface area contributed by atoms with Crippen molar-refractivity contribution in [1.29, 1.82) is 0 Å². The number of halogens is 1. The standard InChI is InChI=1S/C24H27FO5/c1-7-14-8-10-16(29-18-11-9-15(25)12-19(18)28-6)13-17(14)20-21(26)23(2,3)30-24(4,5)22(20)27/h8-13,20H,7H2,1-6H3. The maximum atomic E-state index is 13.5. The van der Waals surface area contributed by atoms with E-state index in [4.69, 9.17) is 14.2 Å². The van der Waals surface area contributed by atoms with Crippen molar-refractivity contribution in [2.24, 2.45) is 0 Å². The Bertz CT molecular complexity index is 967. The van der Waals surface area contributed by atoms with Gasteiger partial charge in [0.2, 0.25) is 0 Å². The van der Waals surface area contributed by atoms with Crippen LogP contribution in [0.25, 0.3) is 0 Å². The van der Waals surface area contributed by atoms with E-state index in [2.05, 4.69) is 0 Å². The van der Waals surface area contributed by atoms with Gasteiger partial charge in [0.15, 0.2) is 23.1 Å². The van der Waals surface area contributed by atoms with Gasteiger partial charge < -0.3 is 14.2 Å². The lowest BCUT2D eigenvalue weighted by atomic mass is 9.73. The van der Waals surface area contributed by atoms with Crippen molar-refractivity contribution in [3.05, 3.63) is 53.3 Å². The van der Waals surface area contributed by atoms with Crippen LogP contribution >= 0.6 is 0 Å². The fourth-order valence-corrected chi connectivity index (χ4v) is 3.92. The molecule has 3 rings (SSSR count). The predicted molar refractivity (Wildman–Crippen MR) is 111 cm³/mol. The number of hydrogen-bond donors (Lipinski definition) is 0. The molecule has 1 saturated heterocycles. The topological polar surface area (TPSA) is 61.8 Å². The molecule has 0 amide bonds. The van der Waals surface area contributed by atoms with Gasteiger partial charge in [-0.1, -0.05) is 13.0 Å². The average molecular weight is 414 g/mol. The van der Waals surface area contributed by atoms with E-state index >= 15 is 0 Å². The quantitative estimate of drug-likeness (QED) is 0.645. The molecule has 0 spiro atoms. The van der Waals surface area contributed by atoms with E-state index in [1.54, 1.807) is 39.8 Å². The highest BCUT2D eigenvalue weighted by Gasteiger charge is 2.53. The molecule has 0 unspecified atom stereocenters. The third-order valence-corrected chi connectivity index (χ3v) is 5.38. The van der Waals surface area contributed by atoms with Crippen LogP contribution in [0.15, 0.2) is 36.4 Å². The Morgan fingerprint density at radius 1 is 0.967 bits per heavy atom. The van der Waals surface area contributed by atoms with Gasteiger partial charge in [0.25, 0.3) is 0 Å². The molecule has 2 aromatic carbocycles. The van der Waals surface area contributed by atoms with Gasteiger partial charge in [-0.25, -0.2) is 4.39 Å². The Hall–Kier alpha value is -2.73. The first-order valence-electron chi connectivity index (χ1n) is 9.93. The molecular weight excluding hydrogens is 387 g/mol. The van der Waals surface area contributed by atoms with Gasteiger partial charge in [-0.15, -0.1) is 0 Å². The zero-order valence-electron chi connectivity index (χ0n) is 18.2. The lowest BCUT2D eigenvalue weighted by molar-refractivity contribution is -0.184. The highest BCUT2D eigenvalue weighted by atomic mass is 19.1. The maximum absolute atomic E-state index is 13.5. The number of benzene rings is 2. The van der Waals surface area contributed by atoms with E-state index < -0.39 is 22.9 Å². The number of carbonyl (C=O) groups excluding carboxylic acids is 2. The van der Waals surface area contributed by atoms with Gasteiger partial charge in [0.1, 0.15) is 28.7 Å². The number of aryl methyl sites for hydroxylation is 1. The number of methoxy groups -OCH3 is 1. The lowest BCUT2D eigenvalue weighted by Gasteiger charge is -2.43. The smallest absolute Gasteiger partial charge is 0.179 e. The average Bonchev–Trinajstić information content (AvgIpc) is 2.68. The van der Waals surface area contributed by atoms with E-state index in [1.165, 1.54) is 25.3 Å². The van der Waals surface area contributed by atoms with Crippen LogP contribution < -0.4 is 9.47 Å². The minimum Gasteiger partial charge on any atom is -0.493 e. The monoisotopic (exact) mass is 414 g/mol. The van der Waals surface area contributed by atoms with Crippen molar-refractivity contribution in [2.45, 2.75) is 58.2 Å². The summed E-state index contributed by atoms with van der Waals surface area (Å²) in [5, 5.41) is 0. The van der Waals surface area contributed by atoms with Crippen LogP contribution in [0.3, 0.4) is 0 Å². The van der Waals surface area contributed by atoms with E-state index in [1.807, 2.05) is 13.0 Å². The third-order valence-electron chi connectivity index (χ3n) is 5.38. The van der Waals surface area contributed by atoms with Crippen molar-refractivity contribution in [3.8, 4) is 17.2 Å². The van der Waals surface area contributed by atoms with E-state index in [-0.39, 0.29) is 17.3 Å². The number of ether oxygens (including phenoxy) is 3. The Morgan fingerprint density at radius 2 is 1.60 bits per heavy atom. The Morgan fingerprint density at radius 3 is 2.17 bits per heavy atom. The molecule has 1 fully saturated rings.